The summed E-state index contributed by atoms with van der Waals surface area (Å²) >= 11 is 3.05. The molecule has 0 aliphatic heterocycles. The molecule has 8 nitrogen and oxygen atoms in total. The summed E-state index contributed by atoms with van der Waals surface area (Å²) in [5.41, 5.74) is 0. The van der Waals surface area contributed by atoms with Crippen LogP contribution in [-0.2, 0) is 16.0 Å². The lowest BCUT2D eigenvalue weighted by atomic mass is 9.95. The quantitative estimate of drug-likeness (QED) is 0.387. The number of hydrogen-bond acceptors (Lipinski definition) is 7. The van der Waals surface area contributed by atoms with E-state index >= 15 is 0 Å². The SMILES string of the molecule is CCOCCCNC(=O)NC(=O)CSc1nnc(Cc2cccs2)n1C1CCCCC1. The number of hydrogen-bond donors (Lipinski definition) is 2. The van der Waals surface area contributed by atoms with Gasteiger partial charge in [-0.2, -0.15) is 0 Å². The van der Waals surface area contributed by atoms with Gasteiger partial charge in [-0.3, -0.25) is 10.1 Å². The van der Waals surface area contributed by atoms with E-state index in [1.165, 1.54) is 35.9 Å². The van der Waals surface area contributed by atoms with Crippen molar-refractivity contribution in [3.05, 3.63) is 28.2 Å². The van der Waals surface area contributed by atoms with Crippen LogP contribution in [0.1, 0.15) is 62.2 Å². The molecule has 1 saturated carbocycles. The van der Waals surface area contributed by atoms with Crippen molar-refractivity contribution in [3.63, 3.8) is 0 Å². The van der Waals surface area contributed by atoms with E-state index in [4.69, 9.17) is 4.74 Å². The number of thiophene rings is 1. The summed E-state index contributed by atoms with van der Waals surface area (Å²) in [5, 5.41) is 16.7. The molecule has 0 atom stereocenters. The zero-order valence-corrected chi connectivity index (χ0v) is 19.6. The molecule has 2 N–H and O–H groups in total. The molecule has 0 bridgehead atoms. The number of nitrogens with zero attached hydrogens (tertiary/aromatic N) is 3. The number of rotatable bonds is 11. The average Bonchev–Trinajstić information content (AvgIpc) is 3.43. The molecule has 3 rings (SSSR count). The number of carbonyl (C=O) groups is 2. The molecular weight excluding hydrogens is 434 g/mol. The highest BCUT2D eigenvalue weighted by Crippen LogP contribution is 2.33. The lowest BCUT2D eigenvalue weighted by Gasteiger charge is -2.25. The maximum absolute atomic E-state index is 12.2. The van der Waals surface area contributed by atoms with Gasteiger partial charge in [0.2, 0.25) is 5.91 Å². The standard InChI is InChI=1S/C21H31N5O3S2/c1-2-29-12-7-11-22-20(28)23-19(27)15-31-21-25-24-18(14-17-10-6-13-30-17)26(21)16-8-4-3-5-9-16/h6,10,13,16H,2-5,7-9,11-12,14-15H2,1H3,(H2,22,23,27,28). The number of thioether (sulfide) groups is 1. The van der Waals surface area contributed by atoms with Crippen LogP contribution in [0.25, 0.3) is 0 Å². The van der Waals surface area contributed by atoms with Gasteiger partial charge in [0.1, 0.15) is 5.82 Å². The number of nitrogens with one attached hydrogen (secondary N) is 2. The van der Waals surface area contributed by atoms with Crippen LogP contribution >= 0.6 is 23.1 Å². The second-order valence-electron chi connectivity index (χ2n) is 7.46. The molecule has 31 heavy (non-hydrogen) atoms. The van der Waals surface area contributed by atoms with Gasteiger partial charge in [-0.1, -0.05) is 37.1 Å². The Morgan fingerprint density at radius 1 is 1.29 bits per heavy atom. The monoisotopic (exact) mass is 465 g/mol. The molecule has 0 radical (unpaired) electrons. The zero-order chi connectivity index (χ0) is 21.9. The largest absolute Gasteiger partial charge is 0.382 e. The van der Waals surface area contributed by atoms with Crippen molar-refractivity contribution < 1.29 is 14.3 Å². The van der Waals surface area contributed by atoms with Gasteiger partial charge in [-0.05, 0) is 37.6 Å². The molecule has 0 spiro atoms. The summed E-state index contributed by atoms with van der Waals surface area (Å²) in [7, 11) is 0. The summed E-state index contributed by atoms with van der Waals surface area (Å²) in [4.78, 5) is 25.4. The first-order valence-electron chi connectivity index (χ1n) is 10.9. The number of urea groups is 1. The van der Waals surface area contributed by atoms with E-state index in [9.17, 15) is 9.59 Å². The van der Waals surface area contributed by atoms with Crippen LogP contribution in [0, 0.1) is 0 Å². The number of imide groups is 1. The molecule has 2 aromatic rings. The third-order valence-electron chi connectivity index (χ3n) is 5.13. The molecule has 0 saturated heterocycles. The van der Waals surface area contributed by atoms with Gasteiger partial charge in [0.25, 0.3) is 0 Å². The lowest BCUT2D eigenvalue weighted by molar-refractivity contribution is -0.117. The van der Waals surface area contributed by atoms with E-state index in [1.54, 1.807) is 11.3 Å². The Hall–Kier alpha value is -1.91. The van der Waals surface area contributed by atoms with Gasteiger partial charge < -0.3 is 14.6 Å². The van der Waals surface area contributed by atoms with E-state index in [0.29, 0.717) is 32.2 Å². The molecule has 1 fully saturated rings. The zero-order valence-electron chi connectivity index (χ0n) is 18.0. The van der Waals surface area contributed by atoms with Crippen LogP contribution in [-0.4, -0.2) is 52.2 Å². The van der Waals surface area contributed by atoms with Crippen molar-refractivity contribution in [2.45, 2.75) is 63.1 Å². The van der Waals surface area contributed by atoms with Gasteiger partial charge in [0.05, 0.1) is 5.75 Å². The first-order chi connectivity index (χ1) is 15.2. The first-order valence-corrected chi connectivity index (χ1v) is 12.8. The number of amides is 3. The summed E-state index contributed by atoms with van der Waals surface area (Å²) in [6.45, 7) is 3.64. The van der Waals surface area contributed by atoms with Crippen molar-refractivity contribution in [1.29, 1.82) is 0 Å². The Kier molecular flexibility index (Phi) is 9.83. The summed E-state index contributed by atoms with van der Waals surface area (Å²) in [6, 6.07) is 4.05. The van der Waals surface area contributed by atoms with E-state index in [1.807, 2.05) is 13.0 Å². The van der Waals surface area contributed by atoms with Crippen LogP contribution < -0.4 is 10.6 Å². The van der Waals surface area contributed by atoms with Crippen molar-refractivity contribution in [1.82, 2.24) is 25.4 Å². The molecule has 1 aliphatic carbocycles. The smallest absolute Gasteiger partial charge is 0.321 e. The number of ether oxygens (including phenoxy) is 1. The second-order valence-corrected chi connectivity index (χ2v) is 9.43. The predicted molar refractivity (Wildman–Crippen MR) is 123 cm³/mol. The molecule has 1 aliphatic rings. The molecule has 0 unspecified atom stereocenters. The normalized spacial score (nSPS) is 14.5. The van der Waals surface area contributed by atoms with Crippen LogP contribution in [0.2, 0.25) is 0 Å². The lowest BCUT2D eigenvalue weighted by Crippen LogP contribution is -2.40. The summed E-state index contributed by atoms with van der Waals surface area (Å²) in [6.07, 6.45) is 7.35. The van der Waals surface area contributed by atoms with Crippen LogP contribution in [0.15, 0.2) is 22.7 Å². The van der Waals surface area contributed by atoms with Gasteiger partial charge in [0, 0.05) is 37.1 Å². The Labute approximate surface area is 191 Å². The van der Waals surface area contributed by atoms with Gasteiger partial charge in [-0.15, -0.1) is 21.5 Å². The maximum atomic E-state index is 12.2. The molecule has 3 amide bonds. The minimum Gasteiger partial charge on any atom is -0.382 e. The fourth-order valence-corrected chi connectivity index (χ4v) is 5.18. The third-order valence-corrected chi connectivity index (χ3v) is 6.95. The van der Waals surface area contributed by atoms with Crippen LogP contribution in [0.5, 0.6) is 0 Å². The molecule has 0 aromatic carbocycles. The van der Waals surface area contributed by atoms with Gasteiger partial charge >= 0.3 is 6.03 Å². The summed E-state index contributed by atoms with van der Waals surface area (Å²) in [5.74, 6) is 0.727. The fourth-order valence-electron chi connectivity index (χ4n) is 3.66. The first kappa shape index (κ1) is 23.7. The van der Waals surface area contributed by atoms with E-state index in [0.717, 1.165) is 30.2 Å². The van der Waals surface area contributed by atoms with Gasteiger partial charge in [-0.25, -0.2) is 4.79 Å². The number of carbonyl (C=O) groups excluding carboxylic acids is 2. The minimum absolute atomic E-state index is 0.121. The van der Waals surface area contributed by atoms with Crippen molar-refractivity contribution in [2.75, 3.05) is 25.5 Å². The molecule has 2 aromatic heterocycles. The fraction of sp³-hybridized carbons (Fsp3) is 0.619. The summed E-state index contributed by atoms with van der Waals surface area (Å²) < 4.78 is 7.45. The van der Waals surface area contributed by atoms with E-state index in [2.05, 4.69) is 36.8 Å². The molecule has 2 heterocycles. The Bertz CT molecular complexity index is 819. The number of aromatic nitrogens is 3. The topological polar surface area (TPSA) is 98.1 Å². The van der Waals surface area contributed by atoms with Crippen LogP contribution in [0.3, 0.4) is 0 Å². The minimum atomic E-state index is -0.478. The van der Waals surface area contributed by atoms with E-state index in [-0.39, 0.29) is 11.7 Å². The third kappa shape index (κ3) is 7.62. The Morgan fingerprint density at radius 2 is 2.13 bits per heavy atom. The predicted octanol–water partition coefficient (Wildman–Crippen LogP) is 3.78. The average molecular weight is 466 g/mol. The van der Waals surface area contributed by atoms with Crippen LogP contribution in [0.4, 0.5) is 4.79 Å². The van der Waals surface area contributed by atoms with E-state index < -0.39 is 6.03 Å². The Balaban J connectivity index is 1.54. The van der Waals surface area contributed by atoms with Crippen molar-refractivity contribution >= 4 is 35.0 Å². The second kappa shape index (κ2) is 12.8. The highest BCUT2D eigenvalue weighted by Gasteiger charge is 2.24. The highest BCUT2D eigenvalue weighted by atomic mass is 32.2. The highest BCUT2D eigenvalue weighted by molar-refractivity contribution is 7.99. The maximum Gasteiger partial charge on any atom is 0.321 e. The van der Waals surface area contributed by atoms with Crippen molar-refractivity contribution in [2.24, 2.45) is 0 Å². The molecule has 170 valence electrons. The molecule has 10 heteroatoms. The van der Waals surface area contributed by atoms with Crippen molar-refractivity contribution in [3.8, 4) is 0 Å². The Morgan fingerprint density at radius 3 is 2.87 bits per heavy atom. The molecular formula is C21H31N5O3S2. The van der Waals surface area contributed by atoms with Gasteiger partial charge in [0.15, 0.2) is 5.16 Å².